The van der Waals surface area contributed by atoms with Gasteiger partial charge < -0.3 is 4.90 Å². The molecular weight excluding hydrogens is 305 g/mol. The molecule has 2 aliphatic rings. The highest BCUT2D eigenvalue weighted by molar-refractivity contribution is 6.29. The van der Waals surface area contributed by atoms with Crippen molar-refractivity contribution in [2.24, 2.45) is 0 Å². The molecule has 1 aromatic rings. The van der Waals surface area contributed by atoms with Crippen LogP contribution in [0.15, 0.2) is 6.07 Å². The fraction of sp³-hybridized carbons (Fsp3) is 0.692. The minimum atomic E-state index is -4.58. The van der Waals surface area contributed by atoms with Crippen LogP contribution in [-0.2, 0) is 6.18 Å². The molecule has 0 amide bonds. The molecule has 2 fully saturated rings. The lowest BCUT2D eigenvalue weighted by atomic mass is 10.2. The first-order valence-corrected chi connectivity index (χ1v) is 7.42. The average molecular weight is 321 g/mol. The van der Waals surface area contributed by atoms with Crippen molar-refractivity contribution in [3.63, 3.8) is 0 Å². The van der Waals surface area contributed by atoms with Gasteiger partial charge in [-0.2, -0.15) is 13.2 Å². The monoisotopic (exact) mass is 320 g/mol. The third kappa shape index (κ3) is 3.23. The summed E-state index contributed by atoms with van der Waals surface area (Å²) < 4.78 is 38.4. The van der Waals surface area contributed by atoms with Crippen molar-refractivity contribution in [3.05, 3.63) is 17.0 Å². The second-order valence-corrected chi connectivity index (χ2v) is 5.89. The summed E-state index contributed by atoms with van der Waals surface area (Å²) in [6.45, 7) is 3.46. The van der Waals surface area contributed by atoms with Gasteiger partial charge in [-0.15, -0.1) is 0 Å². The third-order valence-corrected chi connectivity index (χ3v) is 4.26. The van der Waals surface area contributed by atoms with Gasteiger partial charge in [-0.05, 0) is 25.8 Å². The molecule has 1 unspecified atom stereocenters. The Balaban J connectivity index is 1.87. The van der Waals surface area contributed by atoms with Gasteiger partial charge in [0.2, 0.25) is 5.82 Å². The molecule has 2 saturated heterocycles. The van der Waals surface area contributed by atoms with E-state index in [0.717, 1.165) is 32.4 Å². The van der Waals surface area contributed by atoms with Crippen LogP contribution in [0.3, 0.4) is 0 Å². The molecule has 21 heavy (non-hydrogen) atoms. The van der Waals surface area contributed by atoms with E-state index in [1.807, 2.05) is 4.90 Å². The quantitative estimate of drug-likeness (QED) is 0.745. The minimum Gasteiger partial charge on any atom is -0.355 e. The standard InChI is InChI=1S/C13H16ClF3N4/c14-10-7-11(19-12(18-10)13(15,16)17)21-6-2-5-20-4-1-3-9(20)8-21/h7,9H,1-6,8H2. The number of rotatable bonds is 1. The maximum absolute atomic E-state index is 12.8. The summed E-state index contributed by atoms with van der Waals surface area (Å²) >= 11 is 5.74. The van der Waals surface area contributed by atoms with Crippen molar-refractivity contribution >= 4 is 17.4 Å². The number of aromatic nitrogens is 2. The predicted octanol–water partition coefficient (Wildman–Crippen LogP) is 2.82. The van der Waals surface area contributed by atoms with E-state index < -0.39 is 12.0 Å². The largest absolute Gasteiger partial charge is 0.451 e. The van der Waals surface area contributed by atoms with Crippen LogP contribution in [0.5, 0.6) is 0 Å². The molecule has 0 aliphatic carbocycles. The Morgan fingerprint density at radius 2 is 1.90 bits per heavy atom. The van der Waals surface area contributed by atoms with E-state index >= 15 is 0 Å². The summed E-state index contributed by atoms with van der Waals surface area (Å²) in [7, 11) is 0. The van der Waals surface area contributed by atoms with Gasteiger partial charge in [0.1, 0.15) is 11.0 Å². The zero-order chi connectivity index (χ0) is 15.0. The lowest BCUT2D eigenvalue weighted by molar-refractivity contribution is -0.144. The number of halogens is 4. The Morgan fingerprint density at radius 1 is 1.14 bits per heavy atom. The minimum absolute atomic E-state index is 0.167. The first kappa shape index (κ1) is 14.8. The molecule has 0 spiro atoms. The highest BCUT2D eigenvalue weighted by atomic mass is 35.5. The lowest BCUT2D eigenvalue weighted by Gasteiger charge is -2.26. The summed E-state index contributed by atoms with van der Waals surface area (Å²) in [4.78, 5) is 11.3. The van der Waals surface area contributed by atoms with Gasteiger partial charge in [0.15, 0.2) is 0 Å². The fourth-order valence-corrected chi connectivity index (χ4v) is 3.29. The van der Waals surface area contributed by atoms with Crippen molar-refractivity contribution in [1.29, 1.82) is 0 Å². The molecule has 116 valence electrons. The maximum atomic E-state index is 12.8. The molecule has 0 N–H and O–H groups in total. The Labute approximate surface area is 125 Å². The number of hydrogen-bond acceptors (Lipinski definition) is 4. The van der Waals surface area contributed by atoms with Gasteiger partial charge >= 0.3 is 6.18 Å². The van der Waals surface area contributed by atoms with Crippen molar-refractivity contribution in [1.82, 2.24) is 14.9 Å². The van der Waals surface area contributed by atoms with Crippen LogP contribution in [0.25, 0.3) is 0 Å². The van der Waals surface area contributed by atoms with Crippen molar-refractivity contribution in [2.45, 2.75) is 31.5 Å². The maximum Gasteiger partial charge on any atom is 0.451 e. The Hall–Kier alpha value is -1.08. The normalized spacial score (nSPS) is 24.0. The van der Waals surface area contributed by atoms with Gasteiger partial charge in [-0.25, -0.2) is 9.97 Å². The molecule has 2 aliphatic heterocycles. The highest BCUT2D eigenvalue weighted by Gasteiger charge is 2.36. The van der Waals surface area contributed by atoms with E-state index in [2.05, 4.69) is 14.9 Å². The summed E-state index contributed by atoms with van der Waals surface area (Å²) in [5.41, 5.74) is 0. The summed E-state index contributed by atoms with van der Waals surface area (Å²) in [5.74, 6) is -0.895. The van der Waals surface area contributed by atoms with Gasteiger partial charge in [-0.1, -0.05) is 11.6 Å². The first-order valence-electron chi connectivity index (χ1n) is 7.04. The van der Waals surface area contributed by atoms with Gasteiger partial charge in [0.05, 0.1) is 0 Å². The predicted molar refractivity (Wildman–Crippen MR) is 73.5 cm³/mol. The number of hydrogen-bond donors (Lipinski definition) is 0. The molecule has 4 nitrogen and oxygen atoms in total. The zero-order valence-corrected chi connectivity index (χ0v) is 12.2. The number of nitrogens with zero attached hydrogens (tertiary/aromatic N) is 4. The molecule has 0 bridgehead atoms. The first-order chi connectivity index (χ1) is 9.93. The Morgan fingerprint density at radius 3 is 2.67 bits per heavy atom. The summed E-state index contributed by atoms with van der Waals surface area (Å²) in [5, 5.41) is -0.167. The van der Waals surface area contributed by atoms with Crippen LogP contribution < -0.4 is 4.90 Å². The number of fused-ring (bicyclic) bond motifs is 1. The van der Waals surface area contributed by atoms with Crippen LogP contribution in [-0.4, -0.2) is 47.1 Å². The molecule has 3 rings (SSSR count). The second-order valence-electron chi connectivity index (χ2n) is 5.50. The van der Waals surface area contributed by atoms with Gasteiger partial charge in [0, 0.05) is 31.7 Å². The molecule has 0 radical (unpaired) electrons. The smallest absolute Gasteiger partial charge is 0.355 e. The summed E-state index contributed by atoms with van der Waals surface area (Å²) in [6.07, 6.45) is -1.43. The number of anilines is 1. The van der Waals surface area contributed by atoms with Crippen LogP contribution in [0.2, 0.25) is 5.15 Å². The van der Waals surface area contributed by atoms with Crippen LogP contribution in [0.1, 0.15) is 25.1 Å². The van der Waals surface area contributed by atoms with Gasteiger partial charge in [0.25, 0.3) is 0 Å². The van der Waals surface area contributed by atoms with E-state index in [0.29, 0.717) is 19.1 Å². The molecule has 0 aromatic carbocycles. The molecular formula is C13H16ClF3N4. The zero-order valence-electron chi connectivity index (χ0n) is 11.4. The van der Waals surface area contributed by atoms with Crippen LogP contribution in [0, 0.1) is 0 Å². The van der Waals surface area contributed by atoms with Crippen LogP contribution >= 0.6 is 11.6 Å². The second kappa shape index (κ2) is 5.61. The topological polar surface area (TPSA) is 32.3 Å². The fourth-order valence-electron chi connectivity index (χ4n) is 3.11. The van der Waals surface area contributed by atoms with E-state index in [9.17, 15) is 13.2 Å². The number of alkyl halides is 3. The van der Waals surface area contributed by atoms with E-state index in [4.69, 9.17) is 11.6 Å². The van der Waals surface area contributed by atoms with E-state index in [-0.39, 0.29) is 11.0 Å². The van der Waals surface area contributed by atoms with Crippen molar-refractivity contribution in [2.75, 3.05) is 31.1 Å². The Kier molecular flexibility index (Phi) is 3.96. The Bertz CT molecular complexity index is 523. The highest BCUT2D eigenvalue weighted by Crippen LogP contribution is 2.30. The SMILES string of the molecule is FC(F)(F)c1nc(Cl)cc(N2CCCN3CCCC3C2)n1. The van der Waals surface area contributed by atoms with Crippen LogP contribution in [0.4, 0.5) is 19.0 Å². The molecule has 0 saturated carbocycles. The summed E-state index contributed by atoms with van der Waals surface area (Å²) in [6, 6.07) is 1.82. The van der Waals surface area contributed by atoms with Crippen molar-refractivity contribution < 1.29 is 13.2 Å². The van der Waals surface area contributed by atoms with Crippen molar-refractivity contribution in [3.8, 4) is 0 Å². The average Bonchev–Trinajstić information content (AvgIpc) is 2.74. The third-order valence-electron chi connectivity index (χ3n) is 4.06. The molecule has 3 heterocycles. The van der Waals surface area contributed by atoms with E-state index in [1.54, 1.807) is 0 Å². The molecule has 1 aromatic heterocycles. The van der Waals surface area contributed by atoms with E-state index in [1.165, 1.54) is 6.07 Å². The molecule has 1 atom stereocenters. The lowest BCUT2D eigenvalue weighted by Crippen LogP contribution is -2.37. The van der Waals surface area contributed by atoms with Gasteiger partial charge in [-0.3, -0.25) is 4.90 Å². The molecule has 8 heteroatoms.